The second kappa shape index (κ2) is 7.25. The summed E-state index contributed by atoms with van der Waals surface area (Å²) in [6.07, 6.45) is 1.83. The Labute approximate surface area is 107 Å². The first-order valence-corrected chi connectivity index (χ1v) is 6.64. The zero-order valence-electron chi connectivity index (χ0n) is 10.5. The minimum atomic E-state index is 0.0680. The van der Waals surface area contributed by atoms with Crippen LogP contribution < -0.4 is 5.32 Å². The van der Waals surface area contributed by atoms with Crippen molar-refractivity contribution in [1.29, 1.82) is 0 Å². The van der Waals surface area contributed by atoms with Crippen molar-refractivity contribution in [3.05, 3.63) is 35.0 Å². The Hall–Kier alpha value is -1.13. The van der Waals surface area contributed by atoms with Gasteiger partial charge < -0.3 is 5.32 Å². The van der Waals surface area contributed by atoms with Crippen LogP contribution in [0.25, 0.3) is 0 Å². The highest BCUT2D eigenvalue weighted by atomic mass is 32.1. The molecule has 0 saturated heterocycles. The minimum absolute atomic E-state index is 0.0680. The van der Waals surface area contributed by atoms with E-state index in [1.165, 1.54) is 4.88 Å². The molecule has 0 aromatic carbocycles. The summed E-state index contributed by atoms with van der Waals surface area (Å²) < 4.78 is 0. The number of carbonyl (C=O) groups excluding carboxylic acids is 1. The zero-order chi connectivity index (χ0) is 12.7. The molecule has 0 aliphatic heterocycles. The van der Waals surface area contributed by atoms with E-state index >= 15 is 0 Å². The Balaban J connectivity index is 2.48. The summed E-state index contributed by atoms with van der Waals surface area (Å²) in [5.41, 5.74) is 0. The average molecular weight is 252 g/mol. The highest BCUT2D eigenvalue weighted by Gasteiger charge is 2.11. The van der Waals surface area contributed by atoms with E-state index in [1.54, 1.807) is 11.3 Å². The van der Waals surface area contributed by atoms with Gasteiger partial charge in [-0.2, -0.15) is 0 Å². The van der Waals surface area contributed by atoms with Crippen LogP contribution in [0.2, 0.25) is 0 Å². The van der Waals surface area contributed by atoms with Gasteiger partial charge in [0.2, 0.25) is 5.91 Å². The third-order valence-corrected chi connectivity index (χ3v) is 3.02. The van der Waals surface area contributed by atoms with Gasteiger partial charge in [-0.15, -0.1) is 17.9 Å². The van der Waals surface area contributed by atoms with Gasteiger partial charge in [0, 0.05) is 24.0 Å². The molecule has 0 saturated carbocycles. The fourth-order valence-corrected chi connectivity index (χ4v) is 2.31. The zero-order valence-corrected chi connectivity index (χ0v) is 11.3. The second-order valence-corrected chi connectivity index (χ2v) is 5.29. The number of carbonyl (C=O) groups is 1. The van der Waals surface area contributed by atoms with Crippen molar-refractivity contribution in [2.75, 3.05) is 13.1 Å². The van der Waals surface area contributed by atoms with Crippen LogP contribution in [0.3, 0.4) is 0 Å². The monoisotopic (exact) mass is 252 g/mol. The molecule has 1 heterocycles. The van der Waals surface area contributed by atoms with Gasteiger partial charge in [0.15, 0.2) is 0 Å². The molecule has 4 heteroatoms. The van der Waals surface area contributed by atoms with E-state index in [-0.39, 0.29) is 11.9 Å². The number of thiophene rings is 1. The minimum Gasteiger partial charge on any atom is -0.353 e. The molecule has 0 aliphatic carbocycles. The van der Waals surface area contributed by atoms with Crippen LogP contribution >= 0.6 is 11.3 Å². The van der Waals surface area contributed by atoms with Crippen LogP contribution in [0.15, 0.2) is 30.2 Å². The molecule has 0 bridgehead atoms. The van der Waals surface area contributed by atoms with E-state index in [0.29, 0.717) is 6.54 Å². The molecular weight excluding hydrogens is 232 g/mol. The molecule has 1 amide bonds. The fraction of sp³-hybridized carbons (Fsp3) is 0.462. The molecule has 0 spiro atoms. The van der Waals surface area contributed by atoms with E-state index in [2.05, 4.69) is 28.2 Å². The summed E-state index contributed by atoms with van der Waals surface area (Å²) in [5, 5.41) is 4.95. The van der Waals surface area contributed by atoms with Gasteiger partial charge >= 0.3 is 0 Å². The summed E-state index contributed by atoms with van der Waals surface area (Å²) >= 11 is 1.71. The Morgan fingerprint density at radius 3 is 2.94 bits per heavy atom. The predicted octanol–water partition coefficient (Wildman–Crippen LogP) is 2.26. The molecule has 17 heavy (non-hydrogen) atoms. The first kappa shape index (κ1) is 13.9. The molecule has 1 rings (SSSR count). The number of rotatable bonds is 7. The van der Waals surface area contributed by atoms with E-state index < -0.39 is 0 Å². The molecule has 1 aromatic rings. The molecule has 94 valence electrons. The van der Waals surface area contributed by atoms with Crippen LogP contribution in [-0.4, -0.2) is 29.9 Å². The van der Waals surface area contributed by atoms with Gasteiger partial charge in [0.1, 0.15) is 0 Å². The Morgan fingerprint density at radius 2 is 2.41 bits per heavy atom. The van der Waals surface area contributed by atoms with Crippen LogP contribution in [0, 0.1) is 0 Å². The first-order valence-electron chi connectivity index (χ1n) is 5.76. The SMILES string of the molecule is C=CCN(CC(=O)NC(C)C)Cc1cccs1. The summed E-state index contributed by atoms with van der Waals surface area (Å²) in [4.78, 5) is 15.0. The van der Waals surface area contributed by atoms with Crippen LogP contribution in [0.1, 0.15) is 18.7 Å². The summed E-state index contributed by atoms with van der Waals surface area (Å²) in [6.45, 7) is 9.61. The molecular formula is C13H20N2OS. The number of hydrogen-bond donors (Lipinski definition) is 1. The summed E-state index contributed by atoms with van der Waals surface area (Å²) in [5.74, 6) is 0.0680. The molecule has 1 N–H and O–H groups in total. The lowest BCUT2D eigenvalue weighted by atomic mass is 10.3. The van der Waals surface area contributed by atoms with Crippen molar-refractivity contribution < 1.29 is 4.79 Å². The average Bonchev–Trinajstić information content (AvgIpc) is 2.69. The van der Waals surface area contributed by atoms with E-state index in [1.807, 2.05) is 26.0 Å². The lowest BCUT2D eigenvalue weighted by molar-refractivity contribution is -0.122. The highest BCUT2D eigenvalue weighted by molar-refractivity contribution is 7.09. The number of amides is 1. The van der Waals surface area contributed by atoms with Crippen molar-refractivity contribution in [3.8, 4) is 0 Å². The second-order valence-electron chi connectivity index (χ2n) is 4.26. The van der Waals surface area contributed by atoms with Crippen LogP contribution in [0.4, 0.5) is 0 Å². The maximum Gasteiger partial charge on any atom is 0.234 e. The van der Waals surface area contributed by atoms with Crippen molar-refractivity contribution in [2.45, 2.75) is 26.4 Å². The van der Waals surface area contributed by atoms with Gasteiger partial charge in [0.05, 0.1) is 6.54 Å². The first-order chi connectivity index (χ1) is 8.11. The van der Waals surface area contributed by atoms with Crippen LogP contribution in [0.5, 0.6) is 0 Å². The number of nitrogens with one attached hydrogen (secondary N) is 1. The third kappa shape index (κ3) is 5.65. The maximum atomic E-state index is 11.7. The van der Waals surface area contributed by atoms with Gasteiger partial charge in [-0.05, 0) is 25.3 Å². The lowest BCUT2D eigenvalue weighted by Crippen LogP contribution is -2.39. The van der Waals surface area contributed by atoms with Crippen LogP contribution in [-0.2, 0) is 11.3 Å². The summed E-state index contributed by atoms with van der Waals surface area (Å²) in [6, 6.07) is 4.30. The van der Waals surface area contributed by atoms with Crippen molar-refractivity contribution >= 4 is 17.2 Å². The van der Waals surface area contributed by atoms with Gasteiger partial charge in [-0.3, -0.25) is 9.69 Å². The molecule has 0 unspecified atom stereocenters. The van der Waals surface area contributed by atoms with Gasteiger partial charge in [-0.1, -0.05) is 12.1 Å². The number of nitrogens with zero attached hydrogens (tertiary/aromatic N) is 1. The normalized spacial score (nSPS) is 10.8. The van der Waals surface area contributed by atoms with Crippen molar-refractivity contribution in [2.24, 2.45) is 0 Å². The quantitative estimate of drug-likeness (QED) is 0.755. The van der Waals surface area contributed by atoms with Gasteiger partial charge in [0.25, 0.3) is 0 Å². The van der Waals surface area contributed by atoms with E-state index in [9.17, 15) is 4.79 Å². The third-order valence-electron chi connectivity index (χ3n) is 2.16. The molecule has 0 fully saturated rings. The van der Waals surface area contributed by atoms with Crippen molar-refractivity contribution in [3.63, 3.8) is 0 Å². The Morgan fingerprint density at radius 1 is 1.65 bits per heavy atom. The Bertz CT molecular complexity index is 346. The largest absolute Gasteiger partial charge is 0.353 e. The smallest absolute Gasteiger partial charge is 0.234 e. The lowest BCUT2D eigenvalue weighted by Gasteiger charge is -2.20. The van der Waals surface area contributed by atoms with E-state index in [0.717, 1.165) is 13.1 Å². The fourth-order valence-electron chi connectivity index (χ4n) is 1.56. The topological polar surface area (TPSA) is 32.3 Å². The highest BCUT2D eigenvalue weighted by Crippen LogP contribution is 2.11. The van der Waals surface area contributed by atoms with Gasteiger partial charge in [-0.25, -0.2) is 0 Å². The molecule has 0 aliphatic rings. The van der Waals surface area contributed by atoms with E-state index in [4.69, 9.17) is 0 Å². The molecule has 3 nitrogen and oxygen atoms in total. The standard InChI is InChI=1S/C13H20N2OS/c1-4-7-15(9-12-6-5-8-17-12)10-13(16)14-11(2)3/h4-6,8,11H,1,7,9-10H2,2-3H3,(H,14,16). The molecule has 0 atom stereocenters. The maximum absolute atomic E-state index is 11.7. The molecule has 0 radical (unpaired) electrons. The number of hydrogen-bond acceptors (Lipinski definition) is 3. The predicted molar refractivity (Wildman–Crippen MR) is 73.1 cm³/mol. The Kier molecular flexibility index (Phi) is 5.94. The summed E-state index contributed by atoms with van der Waals surface area (Å²) in [7, 11) is 0. The molecule has 1 aromatic heterocycles. The van der Waals surface area contributed by atoms with Crippen molar-refractivity contribution in [1.82, 2.24) is 10.2 Å².